The zero-order valence-corrected chi connectivity index (χ0v) is 8.18. The Morgan fingerprint density at radius 1 is 1.15 bits per heavy atom. The van der Waals surface area contributed by atoms with Crippen molar-refractivity contribution in [2.24, 2.45) is 5.41 Å². The van der Waals surface area contributed by atoms with Crippen molar-refractivity contribution in [1.82, 2.24) is 4.90 Å². The summed E-state index contributed by atoms with van der Waals surface area (Å²) < 4.78 is 5.29. The summed E-state index contributed by atoms with van der Waals surface area (Å²) >= 11 is 0. The van der Waals surface area contributed by atoms with Gasteiger partial charge in [-0.05, 0) is 39.8 Å². The minimum atomic E-state index is 0. The van der Waals surface area contributed by atoms with Crippen molar-refractivity contribution in [3.05, 3.63) is 0 Å². The van der Waals surface area contributed by atoms with E-state index in [9.17, 15) is 0 Å². The molecule has 0 bridgehead atoms. The highest BCUT2D eigenvalue weighted by Crippen LogP contribution is 2.38. The van der Waals surface area contributed by atoms with Crippen LogP contribution in [0.3, 0.4) is 0 Å². The molecule has 78 valence electrons. The normalized spacial score (nSPS) is 27.0. The van der Waals surface area contributed by atoms with Crippen molar-refractivity contribution < 1.29 is 4.74 Å². The predicted molar refractivity (Wildman–Crippen MR) is 55.9 cm³/mol. The van der Waals surface area contributed by atoms with Gasteiger partial charge in [0.1, 0.15) is 0 Å². The van der Waals surface area contributed by atoms with Gasteiger partial charge in [-0.1, -0.05) is 7.43 Å². The summed E-state index contributed by atoms with van der Waals surface area (Å²) in [5.74, 6) is 0. The first-order valence-electron chi connectivity index (χ1n) is 5.04. The van der Waals surface area contributed by atoms with Gasteiger partial charge in [0, 0.05) is 11.5 Å². The van der Waals surface area contributed by atoms with Crippen LogP contribution >= 0.6 is 0 Å². The largest absolute Gasteiger partial charge is 0.380 e. The fraction of sp³-hybridized carbons (Fsp3) is 1.00. The molecule has 0 saturated carbocycles. The van der Waals surface area contributed by atoms with Crippen molar-refractivity contribution >= 4 is 0 Å². The van der Waals surface area contributed by atoms with E-state index in [0.29, 0.717) is 5.41 Å². The molecule has 0 aromatic carbocycles. The van der Waals surface area contributed by atoms with Crippen LogP contribution in [-0.4, -0.2) is 37.2 Å². The van der Waals surface area contributed by atoms with Crippen LogP contribution in [-0.2, 0) is 4.74 Å². The standard InChI is InChI=1S/C10H19NO.CH4/c1-9(2)11-5-3-10(4-6-11)7-12-8-10;/h9H,3-8H2,1-2H3;1H4. The number of hydrogen-bond acceptors (Lipinski definition) is 2. The van der Waals surface area contributed by atoms with Crippen molar-refractivity contribution in [3.8, 4) is 0 Å². The van der Waals surface area contributed by atoms with Crippen molar-refractivity contribution in [2.75, 3.05) is 26.3 Å². The van der Waals surface area contributed by atoms with Gasteiger partial charge in [-0.15, -0.1) is 0 Å². The molecule has 2 nitrogen and oxygen atoms in total. The fourth-order valence-electron chi connectivity index (χ4n) is 2.19. The lowest BCUT2D eigenvalue weighted by molar-refractivity contribution is -0.141. The van der Waals surface area contributed by atoms with Crippen LogP contribution in [0.2, 0.25) is 0 Å². The number of likely N-dealkylation sites (tertiary alicyclic amines) is 1. The molecule has 0 amide bonds. The Morgan fingerprint density at radius 2 is 1.69 bits per heavy atom. The van der Waals surface area contributed by atoms with Gasteiger partial charge in [0.05, 0.1) is 13.2 Å². The first-order chi connectivity index (χ1) is 5.72. The summed E-state index contributed by atoms with van der Waals surface area (Å²) in [6.45, 7) is 9.18. The summed E-state index contributed by atoms with van der Waals surface area (Å²) in [6.07, 6.45) is 2.70. The van der Waals surface area contributed by atoms with Crippen LogP contribution in [0.1, 0.15) is 34.1 Å². The lowest BCUT2D eigenvalue weighted by Gasteiger charge is -2.48. The summed E-state index contributed by atoms with van der Waals surface area (Å²) in [6, 6.07) is 0.725. The molecule has 2 fully saturated rings. The molecule has 0 aromatic heterocycles. The number of nitrogens with zero attached hydrogens (tertiary/aromatic N) is 1. The van der Waals surface area contributed by atoms with E-state index in [2.05, 4.69) is 18.7 Å². The van der Waals surface area contributed by atoms with Gasteiger partial charge in [-0.25, -0.2) is 0 Å². The molecule has 0 unspecified atom stereocenters. The van der Waals surface area contributed by atoms with E-state index in [1.807, 2.05) is 0 Å². The monoisotopic (exact) mass is 185 g/mol. The molecule has 0 aromatic rings. The molecule has 2 heterocycles. The average Bonchev–Trinajstić information content (AvgIpc) is 2.02. The van der Waals surface area contributed by atoms with Gasteiger partial charge in [-0.2, -0.15) is 0 Å². The summed E-state index contributed by atoms with van der Waals surface area (Å²) in [5, 5.41) is 0. The molecular weight excluding hydrogens is 162 g/mol. The quantitative estimate of drug-likeness (QED) is 0.620. The number of ether oxygens (including phenoxy) is 1. The molecule has 0 radical (unpaired) electrons. The van der Waals surface area contributed by atoms with Gasteiger partial charge in [0.15, 0.2) is 0 Å². The highest BCUT2D eigenvalue weighted by Gasteiger charge is 2.41. The lowest BCUT2D eigenvalue weighted by atomic mass is 9.76. The Bertz CT molecular complexity index is 153. The first-order valence-corrected chi connectivity index (χ1v) is 5.04. The molecule has 0 atom stereocenters. The maximum absolute atomic E-state index is 5.29. The molecule has 2 saturated heterocycles. The molecule has 2 rings (SSSR count). The van der Waals surface area contributed by atoms with Crippen LogP contribution in [0.25, 0.3) is 0 Å². The Hall–Kier alpha value is -0.0800. The zero-order chi connectivity index (χ0) is 8.60. The highest BCUT2D eigenvalue weighted by molar-refractivity contribution is 4.91. The van der Waals surface area contributed by atoms with Crippen LogP contribution < -0.4 is 0 Å². The topological polar surface area (TPSA) is 12.5 Å². The maximum atomic E-state index is 5.29. The summed E-state index contributed by atoms with van der Waals surface area (Å²) in [4.78, 5) is 2.57. The maximum Gasteiger partial charge on any atom is 0.0545 e. The Labute approximate surface area is 82.3 Å². The molecule has 13 heavy (non-hydrogen) atoms. The van der Waals surface area contributed by atoms with E-state index in [4.69, 9.17) is 4.74 Å². The molecule has 0 N–H and O–H groups in total. The van der Waals surface area contributed by atoms with Gasteiger partial charge in [-0.3, -0.25) is 0 Å². The molecule has 0 aliphatic carbocycles. The minimum absolute atomic E-state index is 0. The van der Waals surface area contributed by atoms with E-state index >= 15 is 0 Å². The van der Waals surface area contributed by atoms with Gasteiger partial charge >= 0.3 is 0 Å². The molecule has 2 aliphatic rings. The van der Waals surface area contributed by atoms with Crippen molar-refractivity contribution in [1.29, 1.82) is 0 Å². The Morgan fingerprint density at radius 3 is 2.00 bits per heavy atom. The fourth-order valence-corrected chi connectivity index (χ4v) is 2.19. The predicted octanol–water partition coefficient (Wildman–Crippen LogP) is 2.14. The molecule has 2 aliphatic heterocycles. The smallest absolute Gasteiger partial charge is 0.0545 e. The Kier molecular flexibility index (Phi) is 3.36. The first kappa shape index (κ1) is 11.0. The van der Waals surface area contributed by atoms with Crippen LogP contribution in [0.5, 0.6) is 0 Å². The summed E-state index contributed by atoms with van der Waals surface area (Å²) in [5.41, 5.74) is 0.603. The second kappa shape index (κ2) is 3.97. The zero-order valence-electron chi connectivity index (χ0n) is 8.18. The third-order valence-corrected chi connectivity index (χ3v) is 3.41. The van der Waals surface area contributed by atoms with E-state index in [-0.39, 0.29) is 7.43 Å². The SMILES string of the molecule is C.CC(C)N1CCC2(CC1)COC2. The number of hydrogen-bond donors (Lipinski definition) is 0. The second-order valence-corrected chi connectivity index (χ2v) is 4.62. The van der Waals surface area contributed by atoms with E-state index in [1.165, 1.54) is 25.9 Å². The van der Waals surface area contributed by atoms with Crippen molar-refractivity contribution in [2.45, 2.75) is 40.2 Å². The minimum Gasteiger partial charge on any atom is -0.380 e. The number of piperidine rings is 1. The highest BCUT2D eigenvalue weighted by atomic mass is 16.5. The van der Waals surface area contributed by atoms with Crippen LogP contribution in [0, 0.1) is 5.41 Å². The van der Waals surface area contributed by atoms with E-state index < -0.39 is 0 Å². The molecular formula is C11H23NO. The van der Waals surface area contributed by atoms with E-state index in [0.717, 1.165) is 19.3 Å². The summed E-state index contributed by atoms with van der Waals surface area (Å²) in [7, 11) is 0. The van der Waals surface area contributed by atoms with Gasteiger partial charge in [0.2, 0.25) is 0 Å². The molecule has 1 spiro atoms. The van der Waals surface area contributed by atoms with E-state index in [1.54, 1.807) is 0 Å². The second-order valence-electron chi connectivity index (χ2n) is 4.62. The number of rotatable bonds is 1. The lowest BCUT2D eigenvalue weighted by Crippen LogP contribution is -2.52. The van der Waals surface area contributed by atoms with Crippen LogP contribution in [0.15, 0.2) is 0 Å². The van der Waals surface area contributed by atoms with Gasteiger partial charge in [0.25, 0.3) is 0 Å². The van der Waals surface area contributed by atoms with Crippen molar-refractivity contribution in [3.63, 3.8) is 0 Å². The average molecular weight is 185 g/mol. The Balaban J connectivity index is 0.000000845. The third kappa shape index (κ3) is 2.05. The third-order valence-electron chi connectivity index (χ3n) is 3.41. The molecule has 2 heteroatoms. The van der Waals surface area contributed by atoms with Crippen LogP contribution in [0.4, 0.5) is 0 Å². The van der Waals surface area contributed by atoms with Gasteiger partial charge < -0.3 is 9.64 Å².